The molecule has 0 bridgehead atoms. The van der Waals surface area contributed by atoms with E-state index in [2.05, 4.69) is 0 Å². The summed E-state index contributed by atoms with van der Waals surface area (Å²) >= 11 is 0. The molecule has 0 radical (unpaired) electrons. The molecule has 0 aromatic carbocycles. The van der Waals surface area contributed by atoms with E-state index < -0.39 is 0 Å². The van der Waals surface area contributed by atoms with E-state index in [9.17, 15) is 0 Å². The van der Waals surface area contributed by atoms with Crippen molar-refractivity contribution in [1.29, 1.82) is 0 Å². The van der Waals surface area contributed by atoms with Crippen molar-refractivity contribution >= 4 is 79.2 Å². The smallest absolute Gasteiger partial charge is 0 e. The molecule has 6 heavy (non-hydrogen) atoms. The van der Waals surface area contributed by atoms with Gasteiger partial charge in [-0.3, -0.25) is 0 Å². The van der Waals surface area contributed by atoms with Crippen molar-refractivity contribution in [3.8, 4) is 0 Å². The fourth-order valence-corrected chi connectivity index (χ4v) is 0. The number of rotatable bonds is 0. The summed E-state index contributed by atoms with van der Waals surface area (Å²) in [6.07, 6.45) is 0. The van der Waals surface area contributed by atoms with Crippen molar-refractivity contribution in [3.63, 3.8) is 0 Å². The molecule has 0 atom stereocenters. The van der Waals surface area contributed by atoms with E-state index in [0.717, 1.165) is 0 Å². The molecule has 0 N–H and O–H groups in total. The predicted octanol–water partition coefficient (Wildman–Crippen LogP) is 1.04. The van der Waals surface area contributed by atoms with Crippen LogP contribution in [0.5, 0.6) is 0 Å². The maximum absolute atomic E-state index is 0. The van der Waals surface area contributed by atoms with Crippen LogP contribution in [0.1, 0.15) is 0 Å². The van der Waals surface area contributed by atoms with Gasteiger partial charge in [0.1, 0.15) is 0 Å². The van der Waals surface area contributed by atoms with Gasteiger partial charge in [-0.25, -0.2) is 0 Å². The largest absolute Gasteiger partial charge is 0 e. The SMILES string of the molecule is Cl.Cl.Cl.Cl.[NaH].[Ru]. The minimum Gasteiger partial charge on any atom is 0 e. The summed E-state index contributed by atoms with van der Waals surface area (Å²) in [5.74, 6) is 0. The third-order valence-corrected chi connectivity index (χ3v) is 0. The van der Waals surface area contributed by atoms with Crippen molar-refractivity contribution in [2.45, 2.75) is 0 Å². The summed E-state index contributed by atoms with van der Waals surface area (Å²) in [5.41, 5.74) is 0. The van der Waals surface area contributed by atoms with E-state index in [1.54, 1.807) is 0 Å². The standard InChI is InChI=1S/4ClH.Na.Ru.H/h4*1H;;;. The van der Waals surface area contributed by atoms with Crippen LogP contribution in [0.25, 0.3) is 0 Å². The Morgan fingerprint density at radius 2 is 0.500 bits per heavy atom. The number of hydrogen-bond donors (Lipinski definition) is 0. The molecule has 0 heterocycles. The first-order chi connectivity index (χ1) is 0. The first-order valence-electron chi connectivity index (χ1n) is 0. The molecule has 6 heteroatoms. The van der Waals surface area contributed by atoms with Gasteiger partial charge < -0.3 is 0 Å². The van der Waals surface area contributed by atoms with Crippen molar-refractivity contribution < 1.29 is 19.5 Å². The van der Waals surface area contributed by atoms with Gasteiger partial charge in [-0.1, -0.05) is 0 Å². The van der Waals surface area contributed by atoms with Crippen molar-refractivity contribution in [2.75, 3.05) is 0 Å². The molecule has 0 amide bonds. The fourth-order valence-electron chi connectivity index (χ4n) is 0. The molecule has 0 saturated carbocycles. The maximum Gasteiger partial charge on any atom is 0 e. The van der Waals surface area contributed by atoms with Gasteiger partial charge in [0.05, 0.1) is 0 Å². The van der Waals surface area contributed by atoms with Gasteiger partial charge in [-0.15, -0.1) is 49.6 Å². The Bertz CT molecular complexity index is 7.51. The Morgan fingerprint density at radius 3 is 0.500 bits per heavy atom. The van der Waals surface area contributed by atoms with Crippen LogP contribution in [0, 0.1) is 0 Å². The summed E-state index contributed by atoms with van der Waals surface area (Å²) in [6.45, 7) is 0. The van der Waals surface area contributed by atoms with Crippen molar-refractivity contribution in [3.05, 3.63) is 0 Å². The normalized spacial score (nSPS) is 0. The van der Waals surface area contributed by atoms with Gasteiger partial charge >= 0.3 is 29.6 Å². The zero-order valence-electron chi connectivity index (χ0n) is 1.99. The summed E-state index contributed by atoms with van der Waals surface area (Å²) < 4.78 is 0. The van der Waals surface area contributed by atoms with Crippen LogP contribution in [0.3, 0.4) is 0 Å². The zero-order valence-corrected chi connectivity index (χ0v) is 6.99. The second kappa shape index (κ2) is 46.2. The molecule has 42 valence electrons. The minimum atomic E-state index is 0. The second-order valence-corrected chi connectivity index (χ2v) is 0. The molecular formula is H5Cl4NaRu. The van der Waals surface area contributed by atoms with Crippen LogP contribution in [0.2, 0.25) is 0 Å². The Labute approximate surface area is 97.3 Å². The van der Waals surface area contributed by atoms with Crippen LogP contribution >= 0.6 is 49.6 Å². The summed E-state index contributed by atoms with van der Waals surface area (Å²) in [5, 5.41) is 0. The topological polar surface area (TPSA) is 0 Å². The molecule has 0 spiro atoms. The van der Waals surface area contributed by atoms with Crippen LogP contribution in [-0.2, 0) is 19.5 Å². The summed E-state index contributed by atoms with van der Waals surface area (Å²) in [4.78, 5) is 0. The molecule has 0 aliphatic heterocycles. The third-order valence-electron chi connectivity index (χ3n) is 0. The third kappa shape index (κ3) is 29.3. The van der Waals surface area contributed by atoms with E-state index >= 15 is 0 Å². The van der Waals surface area contributed by atoms with E-state index in [4.69, 9.17) is 0 Å². The Morgan fingerprint density at radius 1 is 0.500 bits per heavy atom. The van der Waals surface area contributed by atoms with E-state index in [-0.39, 0.29) is 98.7 Å². The van der Waals surface area contributed by atoms with Gasteiger partial charge in [0.2, 0.25) is 0 Å². The van der Waals surface area contributed by atoms with Crippen LogP contribution in [0.15, 0.2) is 0 Å². The number of hydrogen-bond acceptors (Lipinski definition) is 0. The number of halogens is 4. The molecule has 0 aromatic rings. The van der Waals surface area contributed by atoms with Crippen LogP contribution in [0.4, 0.5) is 0 Å². The van der Waals surface area contributed by atoms with E-state index in [1.165, 1.54) is 0 Å². The zero-order chi connectivity index (χ0) is 0. The first kappa shape index (κ1) is 68.7. The quantitative estimate of drug-likeness (QED) is 0.577. The Balaban J connectivity index is 0. The molecule has 0 saturated heterocycles. The summed E-state index contributed by atoms with van der Waals surface area (Å²) in [6, 6.07) is 0. The second-order valence-electron chi connectivity index (χ2n) is 0. The molecular weight excluding hydrogens is 266 g/mol. The molecule has 0 nitrogen and oxygen atoms in total. The molecule has 0 fully saturated rings. The summed E-state index contributed by atoms with van der Waals surface area (Å²) in [7, 11) is 0. The van der Waals surface area contributed by atoms with Gasteiger partial charge in [-0.05, 0) is 0 Å². The van der Waals surface area contributed by atoms with Gasteiger partial charge in [0.25, 0.3) is 0 Å². The predicted molar refractivity (Wildman–Crippen MR) is 36.1 cm³/mol. The average Bonchev–Trinajstić information content (AvgIpc) is 0. The molecule has 0 aliphatic rings. The minimum absolute atomic E-state index is 0. The first-order valence-corrected chi connectivity index (χ1v) is 0. The monoisotopic (exact) mass is 270 g/mol. The van der Waals surface area contributed by atoms with E-state index in [0.29, 0.717) is 0 Å². The molecule has 0 unspecified atom stereocenters. The van der Waals surface area contributed by atoms with Crippen molar-refractivity contribution in [2.24, 2.45) is 0 Å². The van der Waals surface area contributed by atoms with Crippen LogP contribution < -0.4 is 0 Å². The van der Waals surface area contributed by atoms with Crippen molar-refractivity contribution in [1.82, 2.24) is 0 Å². The average molecular weight is 271 g/mol. The van der Waals surface area contributed by atoms with Gasteiger partial charge in [-0.2, -0.15) is 0 Å². The van der Waals surface area contributed by atoms with Gasteiger partial charge in [0.15, 0.2) is 0 Å². The fraction of sp³-hybridized carbons (Fsp3) is 0. The van der Waals surface area contributed by atoms with Gasteiger partial charge in [0, 0.05) is 19.5 Å². The van der Waals surface area contributed by atoms with Crippen LogP contribution in [-0.4, -0.2) is 29.6 Å². The molecule has 0 aromatic heterocycles. The molecule has 0 rings (SSSR count). The molecule has 0 aliphatic carbocycles. The maximum atomic E-state index is 0. The Kier molecular flexibility index (Phi) is 529. The van der Waals surface area contributed by atoms with E-state index in [1.807, 2.05) is 0 Å². The Hall–Kier alpha value is 2.78.